The number of quaternary nitrogens is 2. The van der Waals surface area contributed by atoms with Crippen LogP contribution in [0.25, 0.3) is 0 Å². The van der Waals surface area contributed by atoms with Crippen LogP contribution in [0.2, 0.25) is 0 Å². The Morgan fingerprint density at radius 2 is 2.00 bits per heavy atom. The lowest BCUT2D eigenvalue weighted by Gasteiger charge is -2.22. The van der Waals surface area contributed by atoms with Gasteiger partial charge in [-0.05, 0) is 12.1 Å². The van der Waals surface area contributed by atoms with Crippen molar-refractivity contribution in [2.45, 2.75) is 6.54 Å². The van der Waals surface area contributed by atoms with Crippen molar-refractivity contribution in [2.24, 2.45) is 0 Å². The standard InChI is InChI=1S/C12H18N2O/c1-15-12-5-3-2-4-11(12)10-14-8-6-13-7-9-14/h2-5,13H,6-10H2,1H3/p+2. The van der Waals surface area contributed by atoms with Gasteiger partial charge in [-0.25, -0.2) is 0 Å². The van der Waals surface area contributed by atoms with Gasteiger partial charge in [0, 0.05) is 5.56 Å². The van der Waals surface area contributed by atoms with Gasteiger partial charge in [0.05, 0.1) is 7.11 Å². The van der Waals surface area contributed by atoms with Crippen molar-refractivity contribution in [3.63, 3.8) is 0 Å². The molecule has 0 amide bonds. The molecule has 1 saturated heterocycles. The summed E-state index contributed by atoms with van der Waals surface area (Å²) in [5.41, 5.74) is 1.33. The van der Waals surface area contributed by atoms with Gasteiger partial charge >= 0.3 is 0 Å². The van der Waals surface area contributed by atoms with Crippen molar-refractivity contribution >= 4 is 0 Å². The third-order valence-electron chi connectivity index (χ3n) is 3.04. The number of piperazine rings is 1. The first-order valence-electron chi connectivity index (χ1n) is 5.67. The van der Waals surface area contributed by atoms with E-state index in [1.165, 1.54) is 31.7 Å². The van der Waals surface area contributed by atoms with Crippen LogP contribution in [-0.2, 0) is 6.54 Å². The zero-order valence-electron chi connectivity index (χ0n) is 9.33. The van der Waals surface area contributed by atoms with E-state index in [9.17, 15) is 0 Å². The second-order valence-electron chi connectivity index (χ2n) is 4.10. The second-order valence-corrected chi connectivity index (χ2v) is 4.10. The van der Waals surface area contributed by atoms with Crippen molar-refractivity contribution in [1.82, 2.24) is 0 Å². The van der Waals surface area contributed by atoms with E-state index in [0.717, 1.165) is 12.3 Å². The SMILES string of the molecule is COc1ccccc1C[NH+]1CC[NH2+]CC1. The van der Waals surface area contributed by atoms with Crippen LogP contribution in [0.4, 0.5) is 0 Å². The minimum absolute atomic E-state index is 1.03. The highest BCUT2D eigenvalue weighted by Gasteiger charge is 2.17. The maximum atomic E-state index is 5.37. The van der Waals surface area contributed by atoms with Crippen molar-refractivity contribution in [3.8, 4) is 5.75 Å². The predicted molar refractivity (Wildman–Crippen MR) is 59.1 cm³/mol. The van der Waals surface area contributed by atoms with Crippen molar-refractivity contribution < 1.29 is 15.0 Å². The van der Waals surface area contributed by atoms with Gasteiger partial charge < -0.3 is 15.0 Å². The summed E-state index contributed by atoms with van der Waals surface area (Å²) in [4.78, 5) is 1.67. The molecule has 82 valence electrons. The highest BCUT2D eigenvalue weighted by Crippen LogP contribution is 2.15. The number of ether oxygens (including phenoxy) is 1. The molecule has 0 radical (unpaired) electrons. The fourth-order valence-corrected chi connectivity index (χ4v) is 2.18. The zero-order chi connectivity index (χ0) is 10.5. The van der Waals surface area contributed by atoms with Crippen LogP contribution in [0.3, 0.4) is 0 Å². The minimum Gasteiger partial charge on any atom is -0.496 e. The van der Waals surface area contributed by atoms with Crippen LogP contribution < -0.4 is 15.0 Å². The van der Waals surface area contributed by atoms with Crippen LogP contribution in [0.15, 0.2) is 24.3 Å². The molecule has 0 atom stereocenters. The Balaban J connectivity index is 2.02. The van der Waals surface area contributed by atoms with Crippen LogP contribution in [0, 0.1) is 0 Å². The molecule has 0 bridgehead atoms. The first-order chi connectivity index (χ1) is 7.40. The van der Waals surface area contributed by atoms with Gasteiger partial charge in [-0.2, -0.15) is 0 Å². The summed E-state index contributed by atoms with van der Waals surface area (Å²) in [7, 11) is 1.75. The number of rotatable bonds is 3. The van der Waals surface area contributed by atoms with E-state index in [1.54, 1.807) is 12.0 Å². The number of nitrogens with one attached hydrogen (secondary N) is 1. The van der Waals surface area contributed by atoms with Crippen LogP contribution >= 0.6 is 0 Å². The molecule has 1 heterocycles. The largest absolute Gasteiger partial charge is 0.496 e. The summed E-state index contributed by atoms with van der Waals surface area (Å²) < 4.78 is 5.37. The van der Waals surface area contributed by atoms with E-state index >= 15 is 0 Å². The molecule has 1 aromatic carbocycles. The fraction of sp³-hybridized carbons (Fsp3) is 0.500. The summed E-state index contributed by atoms with van der Waals surface area (Å²) in [6, 6.07) is 8.34. The molecule has 0 saturated carbocycles. The first-order valence-corrected chi connectivity index (χ1v) is 5.67. The highest BCUT2D eigenvalue weighted by atomic mass is 16.5. The molecule has 3 nitrogen and oxygen atoms in total. The minimum atomic E-state index is 1.03. The molecular formula is C12H20N2O+2. The van der Waals surface area contributed by atoms with Gasteiger partial charge in [-0.15, -0.1) is 0 Å². The third kappa shape index (κ3) is 2.70. The molecule has 1 aromatic rings. The van der Waals surface area contributed by atoms with Gasteiger partial charge in [-0.1, -0.05) is 12.1 Å². The number of benzene rings is 1. The van der Waals surface area contributed by atoms with E-state index in [0.29, 0.717) is 0 Å². The Hall–Kier alpha value is -1.06. The Morgan fingerprint density at radius 1 is 1.27 bits per heavy atom. The van der Waals surface area contributed by atoms with Gasteiger partial charge in [-0.3, -0.25) is 0 Å². The number of hydrogen-bond acceptors (Lipinski definition) is 1. The summed E-state index contributed by atoms with van der Waals surface area (Å²) in [5, 5.41) is 2.39. The average Bonchev–Trinajstić information content (AvgIpc) is 2.31. The Bertz CT molecular complexity index is 308. The molecule has 1 fully saturated rings. The van der Waals surface area contributed by atoms with Crippen molar-refractivity contribution in [3.05, 3.63) is 29.8 Å². The lowest BCUT2D eigenvalue weighted by Crippen LogP contribution is -3.19. The Morgan fingerprint density at radius 3 is 2.73 bits per heavy atom. The molecule has 0 aromatic heterocycles. The fourth-order valence-electron chi connectivity index (χ4n) is 2.18. The molecule has 15 heavy (non-hydrogen) atoms. The first kappa shape index (κ1) is 10.5. The summed E-state index contributed by atoms with van der Waals surface area (Å²) in [6.07, 6.45) is 0. The van der Waals surface area contributed by atoms with Gasteiger partial charge in [0.25, 0.3) is 0 Å². The van der Waals surface area contributed by atoms with E-state index in [4.69, 9.17) is 4.74 Å². The lowest BCUT2D eigenvalue weighted by molar-refractivity contribution is -0.958. The normalized spacial score (nSPS) is 17.7. The second kappa shape index (κ2) is 5.14. The molecule has 1 aliphatic rings. The van der Waals surface area contributed by atoms with Gasteiger partial charge in [0.1, 0.15) is 38.5 Å². The Kier molecular flexibility index (Phi) is 3.59. The molecule has 2 rings (SSSR count). The smallest absolute Gasteiger partial charge is 0.127 e. The van der Waals surface area contributed by atoms with Crippen molar-refractivity contribution in [1.29, 1.82) is 0 Å². The monoisotopic (exact) mass is 208 g/mol. The average molecular weight is 208 g/mol. The summed E-state index contributed by atoms with van der Waals surface area (Å²) in [5.74, 6) is 1.03. The number of hydrogen-bond donors (Lipinski definition) is 2. The van der Waals surface area contributed by atoms with E-state index in [2.05, 4.69) is 17.4 Å². The molecule has 0 unspecified atom stereocenters. The van der Waals surface area contributed by atoms with E-state index < -0.39 is 0 Å². The quantitative estimate of drug-likeness (QED) is 0.632. The molecule has 1 aliphatic heterocycles. The third-order valence-corrected chi connectivity index (χ3v) is 3.04. The van der Waals surface area contributed by atoms with Gasteiger partial charge in [0.15, 0.2) is 0 Å². The molecule has 0 aliphatic carbocycles. The maximum Gasteiger partial charge on any atom is 0.127 e. The highest BCUT2D eigenvalue weighted by molar-refractivity contribution is 5.32. The number of methoxy groups -OCH3 is 1. The number of nitrogens with two attached hydrogens (primary N) is 1. The van der Waals surface area contributed by atoms with E-state index in [1.807, 2.05) is 12.1 Å². The Labute approximate surface area is 91.0 Å². The number of para-hydroxylation sites is 1. The maximum absolute atomic E-state index is 5.37. The van der Waals surface area contributed by atoms with Gasteiger partial charge in [0.2, 0.25) is 0 Å². The zero-order valence-corrected chi connectivity index (χ0v) is 9.33. The molecule has 3 heteroatoms. The topological polar surface area (TPSA) is 30.3 Å². The van der Waals surface area contributed by atoms with Crippen LogP contribution in [-0.4, -0.2) is 33.3 Å². The molecule has 3 N–H and O–H groups in total. The van der Waals surface area contributed by atoms with Crippen LogP contribution in [0.5, 0.6) is 5.75 Å². The lowest BCUT2D eigenvalue weighted by atomic mass is 10.2. The van der Waals surface area contributed by atoms with Crippen LogP contribution in [0.1, 0.15) is 5.56 Å². The predicted octanol–water partition coefficient (Wildman–Crippen LogP) is -1.34. The van der Waals surface area contributed by atoms with E-state index in [-0.39, 0.29) is 0 Å². The molecular weight excluding hydrogens is 188 g/mol. The summed E-state index contributed by atoms with van der Waals surface area (Å²) >= 11 is 0. The molecule has 0 spiro atoms. The van der Waals surface area contributed by atoms with Crippen molar-refractivity contribution in [2.75, 3.05) is 33.3 Å². The summed E-state index contributed by atoms with van der Waals surface area (Å²) in [6.45, 7) is 6.13.